The van der Waals surface area contributed by atoms with E-state index < -0.39 is 12.8 Å². The Kier molecular flexibility index (Phi) is 4.49. The molecule has 1 aromatic heterocycles. The van der Waals surface area contributed by atoms with E-state index in [1.54, 1.807) is 29.0 Å². The fourth-order valence-electron chi connectivity index (χ4n) is 1.51. The Labute approximate surface area is 118 Å². The summed E-state index contributed by atoms with van der Waals surface area (Å²) >= 11 is 1.56. The van der Waals surface area contributed by atoms with Gasteiger partial charge in [-0.3, -0.25) is 0 Å². The number of ether oxygens (including phenoxy) is 1. The molecule has 0 fully saturated rings. The van der Waals surface area contributed by atoms with E-state index in [4.69, 9.17) is 0 Å². The van der Waals surface area contributed by atoms with Gasteiger partial charge in [-0.15, -0.1) is 11.3 Å². The van der Waals surface area contributed by atoms with Gasteiger partial charge in [0, 0.05) is 10.6 Å². The Balaban J connectivity index is 1.87. The molecule has 3 nitrogen and oxygen atoms in total. The number of alkyl halides is 3. The second kappa shape index (κ2) is 6.13. The van der Waals surface area contributed by atoms with E-state index in [9.17, 15) is 13.2 Å². The molecule has 1 aromatic carbocycles. The smallest absolute Gasteiger partial charge is 0.422 e. The molecular formula is C13H13F3N2OS. The molecule has 0 atom stereocenters. The van der Waals surface area contributed by atoms with E-state index >= 15 is 0 Å². The number of nitrogens with one attached hydrogen (secondary N) is 1. The molecule has 0 radical (unpaired) electrons. The first kappa shape index (κ1) is 14.6. The fourth-order valence-corrected chi connectivity index (χ4v) is 2.23. The zero-order valence-electron chi connectivity index (χ0n) is 10.7. The third-order valence-corrected chi connectivity index (χ3v) is 3.49. The predicted octanol–water partition coefficient (Wildman–Crippen LogP) is 4.00. The molecule has 2 aromatic rings. The summed E-state index contributed by atoms with van der Waals surface area (Å²) in [6.07, 6.45) is -4.32. The number of benzene rings is 1. The predicted molar refractivity (Wildman–Crippen MR) is 72.2 cm³/mol. The van der Waals surface area contributed by atoms with Crippen molar-refractivity contribution in [2.75, 3.05) is 11.9 Å². The SMILES string of the molecule is Cc1ncsc1CNc1ccc(OCC(F)(F)F)cc1. The van der Waals surface area contributed by atoms with Gasteiger partial charge < -0.3 is 10.1 Å². The summed E-state index contributed by atoms with van der Waals surface area (Å²) in [5.74, 6) is 0.196. The zero-order valence-corrected chi connectivity index (χ0v) is 11.5. The normalized spacial score (nSPS) is 11.4. The number of aromatic nitrogens is 1. The Morgan fingerprint density at radius 2 is 1.95 bits per heavy atom. The van der Waals surface area contributed by atoms with E-state index in [1.165, 1.54) is 12.1 Å². The molecule has 108 valence electrons. The minimum Gasteiger partial charge on any atom is -0.484 e. The van der Waals surface area contributed by atoms with Crippen molar-refractivity contribution in [1.29, 1.82) is 0 Å². The topological polar surface area (TPSA) is 34.2 Å². The quantitative estimate of drug-likeness (QED) is 0.906. The molecule has 0 aliphatic heterocycles. The molecule has 1 N–H and O–H groups in total. The molecule has 0 spiro atoms. The lowest BCUT2D eigenvalue weighted by Gasteiger charge is -2.10. The van der Waals surface area contributed by atoms with Crippen LogP contribution in [0, 0.1) is 6.92 Å². The first-order valence-electron chi connectivity index (χ1n) is 5.86. The lowest BCUT2D eigenvalue weighted by atomic mass is 10.3. The third kappa shape index (κ3) is 4.41. The van der Waals surface area contributed by atoms with E-state index in [0.29, 0.717) is 6.54 Å². The molecular weight excluding hydrogens is 289 g/mol. The number of hydrogen-bond donors (Lipinski definition) is 1. The van der Waals surface area contributed by atoms with Crippen molar-refractivity contribution in [1.82, 2.24) is 4.98 Å². The van der Waals surface area contributed by atoms with Crippen LogP contribution in [0.5, 0.6) is 5.75 Å². The number of thiazole rings is 1. The standard InChI is InChI=1S/C13H13F3N2OS/c1-9-12(20-8-18-9)6-17-10-2-4-11(5-3-10)19-7-13(14,15)16/h2-5,8,17H,6-7H2,1H3. The van der Waals surface area contributed by atoms with Gasteiger partial charge in [0.2, 0.25) is 0 Å². The molecule has 0 aliphatic carbocycles. The molecule has 0 saturated heterocycles. The van der Waals surface area contributed by atoms with Gasteiger partial charge in [0.1, 0.15) is 5.75 Å². The minimum absolute atomic E-state index is 0.196. The second-order valence-corrected chi connectivity index (χ2v) is 5.08. The highest BCUT2D eigenvalue weighted by molar-refractivity contribution is 7.09. The maximum absolute atomic E-state index is 12.0. The average Bonchev–Trinajstić information content (AvgIpc) is 2.80. The van der Waals surface area contributed by atoms with E-state index in [1.807, 2.05) is 6.92 Å². The summed E-state index contributed by atoms with van der Waals surface area (Å²) in [4.78, 5) is 5.27. The van der Waals surface area contributed by atoms with Crippen LogP contribution in [-0.4, -0.2) is 17.8 Å². The Bertz CT molecular complexity index is 551. The van der Waals surface area contributed by atoms with E-state index in [-0.39, 0.29) is 5.75 Å². The molecule has 7 heteroatoms. The van der Waals surface area contributed by atoms with Gasteiger partial charge in [-0.1, -0.05) is 0 Å². The van der Waals surface area contributed by atoms with Gasteiger partial charge in [-0.25, -0.2) is 4.98 Å². The highest BCUT2D eigenvalue weighted by Gasteiger charge is 2.28. The highest BCUT2D eigenvalue weighted by atomic mass is 32.1. The average molecular weight is 302 g/mol. The number of anilines is 1. The Morgan fingerprint density at radius 1 is 1.25 bits per heavy atom. The molecule has 1 heterocycles. The number of hydrogen-bond acceptors (Lipinski definition) is 4. The van der Waals surface area contributed by atoms with Crippen molar-refractivity contribution in [2.24, 2.45) is 0 Å². The minimum atomic E-state index is -4.32. The van der Waals surface area contributed by atoms with Crippen LogP contribution in [0.1, 0.15) is 10.6 Å². The molecule has 0 bridgehead atoms. The van der Waals surface area contributed by atoms with E-state index in [0.717, 1.165) is 16.3 Å². The zero-order chi connectivity index (χ0) is 14.6. The fraction of sp³-hybridized carbons (Fsp3) is 0.308. The van der Waals surface area contributed by atoms with Crippen LogP contribution in [0.4, 0.5) is 18.9 Å². The van der Waals surface area contributed by atoms with Crippen molar-refractivity contribution in [3.05, 3.63) is 40.3 Å². The van der Waals surface area contributed by atoms with Gasteiger partial charge in [0.05, 0.1) is 17.7 Å². The number of rotatable bonds is 5. The number of aryl methyl sites for hydroxylation is 1. The van der Waals surface area contributed by atoms with Crippen molar-refractivity contribution < 1.29 is 17.9 Å². The van der Waals surface area contributed by atoms with Gasteiger partial charge in [0.25, 0.3) is 0 Å². The van der Waals surface area contributed by atoms with Crippen molar-refractivity contribution in [3.8, 4) is 5.75 Å². The van der Waals surface area contributed by atoms with Gasteiger partial charge in [-0.05, 0) is 31.2 Å². The molecule has 0 saturated carbocycles. The van der Waals surface area contributed by atoms with Crippen molar-refractivity contribution >= 4 is 17.0 Å². The molecule has 0 aliphatic rings. The third-order valence-electron chi connectivity index (χ3n) is 2.55. The lowest BCUT2D eigenvalue weighted by Crippen LogP contribution is -2.19. The number of halogens is 3. The van der Waals surface area contributed by atoms with Crippen LogP contribution in [0.25, 0.3) is 0 Å². The summed E-state index contributed by atoms with van der Waals surface area (Å²) in [6.45, 7) is 1.29. The first-order valence-corrected chi connectivity index (χ1v) is 6.74. The van der Waals surface area contributed by atoms with Crippen molar-refractivity contribution in [3.63, 3.8) is 0 Å². The highest BCUT2D eigenvalue weighted by Crippen LogP contribution is 2.21. The summed E-state index contributed by atoms with van der Waals surface area (Å²) in [6, 6.07) is 6.38. The largest absolute Gasteiger partial charge is 0.484 e. The maximum atomic E-state index is 12.0. The summed E-state index contributed by atoms with van der Waals surface area (Å²) < 4.78 is 40.6. The van der Waals surface area contributed by atoms with Crippen LogP contribution >= 0.6 is 11.3 Å². The van der Waals surface area contributed by atoms with Crippen LogP contribution in [0.15, 0.2) is 29.8 Å². The summed E-state index contributed by atoms with van der Waals surface area (Å²) in [5, 5.41) is 3.18. The summed E-state index contributed by atoms with van der Waals surface area (Å²) in [5.41, 5.74) is 3.57. The summed E-state index contributed by atoms with van der Waals surface area (Å²) in [7, 11) is 0. The lowest BCUT2D eigenvalue weighted by molar-refractivity contribution is -0.153. The van der Waals surface area contributed by atoms with Crippen LogP contribution in [-0.2, 0) is 6.54 Å². The van der Waals surface area contributed by atoms with Crippen LogP contribution in [0.3, 0.4) is 0 Å². The molecule has 2 rings (SSSR count). The second-order valence-electron chi connectivity index (χ2n) is 4.14. The van der Waals surface area contributed by atoms with Crippen LogP contribution < -0.4 is 10.1 Å². The maximum Gasteiger partial charge on any atom is 0.422 e. The van der Waals surface area contributed by atoms with Gasteiger partial charge in [0.15, 0.2) is 6.61 Å². The van der Waals surface area contributed by atoms with Gasteiger partial charge >= 0.3 is 6.18 Å². The monoisotopic (exact) mass is 302 g/mol. The Hall–Kier alpha value is -1.76. The Morgan fingerprint density at radius 3 is 2.50 bits per heavy atom. The van der Waals surface area contributed by atoms with Crippen LogP contribution in [0.2, 0.25) is 0 Å². The molecule has 0 amide bonds. The van der Waals surface area contributed by atoms with E-state index in [2.05, 4.69) is 15.0 Å². The molecule has 0 unspecified atom stereocenters. The first-order chi connectivity index (χ1) is 9.44. The van der Waals surface area contributed by atoms with Gasteiger partial charge in [-0.2, -0.15) is 13.2 Å². The molecule has 20 heavy (non-hydrogen) atoms. The van der Waals surface area contributed by atoms with Crippen molar-refractivity contribution in [2.45, 2.75) is 19.6 Å². The number of nitrogens with zero attached hydrogens (tertiary/aromatic N) is 1.